The number of hydrogen-bond donors (Lipinski definition) is 1. The number of nitriles is 1. The highest BCUT2D eigenvalue weighted by molar-refractivity contribution is 5.62. The van der Waals surface area contributed by atoms with Gasteiger partial charge >= 0.3 is 0 Å². The second kappa shape index (κ2) is 5.13. The smallest absolute Gasteiger partial charge is 0.253 e. The first kappa shape index (κ1) is 13.7. The predicted octanol–water partition coefficient (Wildman–Crippen LogP) is 3.39. The lowest BCUT2D eigenvalue weighted by Gasteiger charge is -2.09. The number of hydrogen-bond acceptors (Lipinski definition) is 3. The SMILES string of the molecule is N#Cc1cc(Nc2c(F)c(F)nc(F)c2F)ccc1F. The normalized spacial score (nSPS) is 10.2. The number of pyridine rings is 1. The van der Waals surface area contributed by atoms with Crippen LogP contribution in [0.15, 0.2) is 18.2 Å². The van der Waals surface area contributed by atoms with E-state index in [4.69, 9.17) is 5.26 Å². The molecule has 0 aliphatic rings. The summed E-state index contributed by atoms with van der Waals surface area (Å²) in [5, 5.41) is 10.6. The summed E-state index contributed by atoms with van der Waals surface area (Å²) in [6.07, 6.45) is 0. The Morgan fingerprint density at radius 3 is 2.15 bits per heavy atom. The van der Waals surface area contributed by atoms with Gasteiger partial charge in [-0.1, -0.05) is 0 Å². The van der Waals surface area contributed by atoms with E-state index in [1.807, 2.05) is 5.32 Å². The van der Waals surface area contributed by atoms with Gasteiger partial charge in [0.05, 0.1) is 5.56 Å². The maximum absolute atomic E-state index is 13.3. The Morgan fingerprint density at radius 1 is 1.00 bits per heavy atom. The number of anilines is 2. The minimum absolute atomic E-state index is 0.120. The molecule has 20 heavy (non-hydrogen) atoms. The van der Waals surface area contributed by atoms with Crippen molar-refractivity contribution in [1.82, 2.24) is 4.98 Å². The largest absolute Gasteiger partial charge is 0.350 e. The van der Waals surface area contributed by atoms with Crippen LogP contribution in [0, 0.1) is 40.7 Å². The van der Waals surface area contributed by atoms with Crippen LogP contribution in [0.3, 0.4) is 0 Å². The molecule has 2 aromatic rings. The van der Waals surface area contributed by atoms with E-state index < -0.39 is 40.6 Å². The van der Waals surface area contributed by atoms with Crippen LogP contribution in [0.1, 0.15) is 5.56 Å². The zero-order valence-electron chi connectivity index (χ0n) is 9.52. The Labute approximate surface area is 109 Å². The van der Waals surface area contributed by atoms with E-state index in [2.05, 4.69) is 4.98 Å². The summed E-state index contributed by atoms with van der Waals surface area (Å²) in [7, 11) is 0. The third kappa shape index (κ3) is 2.38. The van der Waals surface area contributed by atoms with Crippen molar-refractivity contribution in [3.05, 3.63) is 53.1 Å². The molecule has 1 aromatic heterocycles. The lowest BCUT2D eigenvalue weighted by Crippen LogP contribution is -2.06. The molecule has 1 aromatic carbocycles. The molecule has 1 heterocycles. The number of rotatable bonds is 2. The molecule has 8 heteroatoms. The van der Waals surface area contributed by atoms with E-state index in [1.165, 1.54) is 6.07 Å². The van der Waals surface area contributed by atoms with Gasteiger partial charge in [0.2, 0.25) is 11.6 Å². The first-order chi connectivity index (χ1) is 9.43. The molecule has 0 saturated carbocycles. The monoisotopic (exact) mass is 285 g/mol. The summed E-state index contributed by atoms with van der Waals surface area (Å²) in [5.41, 5.74) is -1.64. The van der Waals surface area contributed by atoms with E-state index >= 15 is 0 Å². The van der Waals surface area contributed by atoms with Gasteiger partial charge in [-0.05, 0) is 18.2 Å². The highest BCUT2D eigenvalue weighted by Crippen LogP contribution is 2.26. The molecular weight excluding hydrogens is 281 g/mol. The average Bonchev–Trinajstić information content (AvgIpc) is 2.43. The fourth-order valence-corrected chi connectivity index (χ4v) is 1.43. The number of aromatic nitrogens is 1. The highest BCUT2D eigenvalue weighted by atomic mass is 19.2. The summed E-state index contributed by atoms with van der Waals surface area (Å²) in [6, 6.07) is 4.36. The van der Waals surface area contributed by atoms with Crippen molar-refractivity contribution in [2.45, 2.75) is 0 Å². The maximum Gasteiger partial charge on any atom is 0.253 e. The summed E-state index contributed by atoms with van der Waals surface area (Å²) in [5.74, 6) is -7.95. The Bertz CT molecular complexity index is 698. The summed E-state index contributed by atoms with van der Waals surface area (Å²) >= 11 is 0. The topological polar surface area (TPSA) is 48.7 Å². The van der Waals surface area contributed by atoms with Crippen LogP contribution in [0.5, 0.6) is 0 Å². The first-order valence-electron chi connectivity index (χ1n) is 5.10. The van der Waals surface area contributed by atoms with Crippen molar-refractivity contribution in [3.63, 3.8) is 0 Å². The van der Waals surface area contributed by atoms with Gasteiger partial charge in [-0.3, -0.25) is 0 Å². The lowest BCUT2D eigenvalue weighted by molar-refractivity contribution is 0.411. The van der Waals surface area contributed by atoms with Crippen molar-refractivity contribution in [1.29, 1.82) is 5.26 Å². The fraction of sp³-hybridized carbons (Fsp3) is 0. The predicted molar refractivity (Wildman–Crippen MR) is 58.5 cm³/mol. The molecule has 102 valence electrons. The summed E-state index contributed by atoms with van der Waals surface area (Å²) < 4.78 is 65.5. The molecule has 0 fully saturated rings. The standard InChI is InChI=1S/C12H4F5N3/c13-7-2-1-6(3-5(7)4-18)19-10-8(14)11(16)20-12(17)9(10)15/h1-3H,(H,19,20). The Kier molecular flexibility index (Phi) is 3.52. The Hall–Kier alpha value is -2.69. The van der Waals surface area contributed by atoms with Crippen LogP contribution < -0.4 is 5.32 Å². The van der Waals surface area contributed by atoms with Crippen LogP contribution in [-0.2, 0) is 0 Å². The van der Waals surface area contributed by atoms with E-state index in [0.29, 0.717) is 0 Å². The molecule has 0 bridgehead atoms. The van der Waals surface area contributed by atoms with Crippen molar-refractivity contribution >= 4 is 11.4 Å². The average molecular weight is 285 g/mol. The second-order valence-electron chi connectivity index (χ2n) is 3.63. The second-order valence-corrected chi connectivity index (χ2v) is 3.63. The third-order valence-electron chi connectivity index (χ3n) is 2.35. The van der Waals surface area contributed by atoms with Crippen molar-refractivity contribution in [3.8, 4) is 6.07 Å². The van der Waals surface area contributed by atoms with Crippen LogP contribution >= 0.6 is 0 Å². The molecule has 3 nitrogen and oxygen atoms in total. The van der Waals surface area contributed by atoms with Gasteiger partial charge in [0.15, 0.2) is 0 Å². The number of benzene rings is 1. The fourth-order valence-electron chi connectivity index (χ4n) is 1.43. The lowest BCUT2D eigenvalue weighted by atomic mass is 10.2. The van der Waals surface area contributed by atoms with Gasteiger partial charge in [-0.25, -0.2) is 4.39 Å². The Morgan fingerprint density at radius 2 is 1.60 bits per heavy atom. The van der Waals surface area contributed by atoms with Crippen molar-refractivity contribution in [2.24, 2.45) is 0 Å². The zero-order valence-corrected chi connectivity index (χ0v) is 9.52. The van der Waals surface area contributed by atoms with Crippen molar-refractivity contribution < 1.29 is 22.0 Å². The Balaban J connectivity index is 2.48. The van der Waals surface area contributed by atoms with Crippen LogP contribution in [0.25, 0.3) is 0 Å². The zero-order chi connectivity index (χ0) is 14.9. The van der Waals surface area contributed by atoms with Gasteiger partial charge in [0.25, 0.3) is 11.9 Å². The van der Waals surface area contributed by atoms with Gasteiger partial charge < -0.3 is 5.32 Å². The molecule has 0 radical (unpaired) electrons. The number of halogens is 5. The van der Waals surface area contributed by atoms with Crippen molar-refractivity contribution in [2.75, 3.05) is 5.32 Å². The molecule has 0 aliphatic carbocycles. The van der Waals surface area contributed by atoms with Gasteiger partial charge in [0, 0.05) is 5.69 Å². The summed E-state index contributed by atoms with van der Waals surface area (Å²) in [6.45, 7) is 0. The first-order valence-corrected chi connectivity index (χ1v) is 5.10. The van der Waals surface area contributed by atoms with Crippen LogP contribution in [-0.4, -0.2) is 4.98 Å². The molecule has 0 aliphatic heterocycles. The molecule has 1 N–H and O–H groups in total. The van der Waals surface area contributed by atoms with Crippen LogP contribution in [0.2, 0.25) is 0 Å². The number of nitrogens with one attached hydrogen (secondary N) is 1. The van der Waals surface area contributed by atoms with Crippen LogP contribution in [0.4, 0.5) is 33.3 Å². The summed E-state index contributed by atoms with van der Waals surface area (Å²) in [4.78, 5) is 2.39. The highest BCUT2D eigenvalue weighted by Gasteiger charge is 2.21. The van der Waals surface area contributed by atoms with Gasteiger partial charge in [-0.15, -0.1) is 0 Å². The molecule has 0 atom stereocenters. The number of nitrogens with zero attached hydrogens (tertiary/aromatic N) is 2. The van der Waals surface area contributed by atoms with E-state index in [0.717, 1.165) is 18.2 Å². The third-order valence-corrected chi connectivity index (χ3v) is 2.35. The quantitative estimate of drug-likeness (QED) is 0.679. The molecule has 0 unspecified atom stereocenters. The van der Waals surface area contributed by atoms with E-state index in [9.17, 15) is 22.0 Å². The van der Waals surface area contributed by atoms with Gasteiger partial charge in [-0.2, -0.15) is 27.8 Å². The maximum atomic E-state index is 13.3. The molecule has 0 saturated heterocycles. The van der Waals surface area contributed by atoms with E-state index in [-0.39, 0.29) is 5.69 Å². The minimum Gasteiger partial charge on any atom is -0.350 e. The van der Waals surface area contributed by atoms with E-state index in [1.54, 1.807) is 0 Å². The molecular formula is C12H4F5N3. The molecule has 0 spiro atoms. The van der Waals surface area contributed by atoms with Gasteiger partial charge in [0.1, 0.15) is 17.6 Å². The molecule has 0 amide bonds. The molecule has 2 rings (SSSR count). The minimum atomic E-state index is -1.82.